The zero-order chi connectivity index (χ0) is 30.3. The van der Waals surface area contributed by atoms with Crippen LogP contribution < -0.4 is 14.5 Å². The molecule has 0 saturated carbocycles. The summed E-state index contributed by atoms with van der Waals surface area (Å²) in [5.74, 6) is -2.54. The van der Waals surface area contributed by atoms with Crippen molar-refractivity contribution in [3.8, 4) is 5.75 Å². The van der Waals surface area contributed by atoms with Crippen molar-refractivity contribution in [3.63, 3.8) is 0 Å². The third kappa shape index (κ3) is 3.81. The Balaban J connectivity index is 1.02. The van der Waals surface area contributed by atoms with Gasteiger partial charge in [0.2, 0.25) is 17.7 Å². The molecule has 3 aliphatic carbocycles. The molecule has 9 rings (SSSR count). The largest absolute Gasteiger partial charge is 0.426 e. The maximum absolute atomic E-state index is 14.0. The van der Waals surface area contributed by atoms with Crippen LogP contribution in [0, 0.1) is 31.6 Å². The molecule has 0 radical (unpaired) electrons. The van der Waals surface area contributed by atoms with Crippen LogP contribution in [0.25, 0.3) is 0 Å². The van der Waals surface area contributed by atoms with E-state index in [4.69, 9.17) is 4.74 Å². The molecule has 0 unspecified atom stereocenters. The number of rotatable bonds is 4. The first-order valence-electron chi connectivity index (χ1n) is 15.1. The second-order valence-corrected chi connectivity index (χ2v) is 12.4. The number of carbonyl (C=O) groups excluding carboxylic acids is 4. The van der Waals surface area contributed by atoms with Crippen molar-refractivity contribution in [1.29, 1.82) is 0 Å². The molecule has 3 atom stereocenters. The Morgan fingerprint density at radius 3 is 1.82 bits per heavy atom. The third-order valence-corrected chi connectivity index (χ3v) is 9.88. The minimum atomic E-state index is -0.592. The van der Waals surface area contributed by atoms with Crippen LogP contribution in [0.15, 0.2) is 91.0 Å². The van der Waals surface area contributed by atoms with E-state index in [2.05, 4.69) is 24.3 Å². The number of esters is 1. The molecule has 4 aromatic carbocycles. The number of benzene rings is 4. The smallest absolute Gasteiger partial charge is 0.316 e. The van der Waals surface area contributed by atoms with E-state index in [0.717, 1.165) is 39.1 Å². The summed E-state index contributed by atoms with van der Waals surface area (Å²) in [4.78, 5) is 56.9. The molecule has 0 N–H and O–H groups in total. The average molecular weight is 583 g/mol. The molecular weight excluding hydrogens is 552 g/mol. The summed E-state index contributed by atoms with van der Waals surface area (Å²) >= 11 is 0. The van der Waals surface area contributed by atoms with Gasteiger partial charge < -0.3 is 9.64 Å². The van der Waals surface area contributed by atoms with Crippen LogP contribution in [0.3, 0.4) is 0 Å². The lowest BCUT2D eigenvalue weighted by atomic mass is 9.55. The second kappa shape index (κ2) is 9.74. The van der Waals surface area contributed by atoms with Gasteiger partial charge in [-0.15, -0.1) is 0 Å². The number of amides is 3. The van der Waals surface area contributed by atoms with Crippen LogP contribution in [-0.2, 0) is 19.2 Å². The molecule has 2 fully saturated rings. The predicted octanol–water partition coefficient (Wildman–Crippen LogP) is 5.66. The number of hydrogen-bond acceptors (Lipinski definition) is 5. The summed E-state index contributed by atoms with van der Waals surface area (Å²) in [5.41, 5.74) is 7.80. The Bertz CT molecular complexity index is 1780. The molecular formula is C37H30N2O5. The van der Waals surface area contributed by atoms with Crippen molar-refractivity contribution in [2.75, 3.05) is 16.3 Å². The van der Waals surface area contributed by atoms with Crippen molar-refractivity contribution in [3.05, 3.63) is 124 Å². The zero-order valence-corrected chi connectivity index (χ0v) is 24.4. The Labute approximate surface area is 255 Å². The lowest BCUT2D eigenvalue weighted by molar-refractivity contribution is -0.139. The van der Waals surface area contributed by atoms with Gasteiger partial charge in [-0.05, 0) is 77.6 Å². The van der Waals surface area contributed by atoms with Gasteiger partial charge in [0.15, 0.2) is 0 Å². The molecule has 7 heteroatoms. The second-order valence-electron chi connectivity index (χ2n) is 12.4. The number of ether oxygens (including phenoxy) is 1. The Hall–Kier alpha value is -5.04. The fourth-order valence-electron chi connectivity index (χ4n) is 7.90. The van der Waals surface area contributed by atoms with Crippen molar-refractivity contribution >= 4 is 35.1 Å². The van der Waals surface area contributed by atoms with E-state index in [1.165, 1.54) is 4.90 Å². The minimum absolute atomic E-state index is 0.0803. The van der Waals surface area contributed by atoms with Gasteiger partial charge in [0.1, 0.15) is 5.75 Å². The van der Waals surface area contributed by atoms with E-state index < -0.39 is 23.7 Å². The highest BCUT2D eigenvalue weighted by Crippen LogP contribution is 2.61. The highest BCUT2D eigenvalue weighted by atomic mass is 16.5. The van der Waals surface area contributed by atoms with Gasteiger partial charge in [0, 0.05) is 30.5 Å². The van der Waals surface area contributed by atoms with Crippen molar-refractivity contribution in [1.82, 2.24) is 0 Å². The van der Waals surface area contributed by atoms with Gasteiger partial charge in [-0.1, -0.05) is 60.7 Å². The molecule has 2 heterocycles. The Morgan fingerprint density at radius 2 is 1.27 bits per heavy atom. The van der Waals surface area contributed by atoms with E-state index >= 15 is 0 Å². The van der Waals surface area contributed by atoms with Crippen LogP contribution in [0.4, 0.5) is 11.4 Å². The number of anilines is 2. The summed E-state index contributed by atoms with van der Waals surface area (Å²) in [6, 6.07) is 28.8. The molecule has 7 nitrogen and oxygen atoms in total. The van der Waals surface area contributed by atoms with E-state index in [9.17, 15) is 19.2 Å². The lowest BCUT2D eigenvalue weighted by Gasteiger charge is -2.45. The maximum Gasteiger partial charge on any atom is 0.316 e. The fraction of sp³-hybridized carbons (Fsp3) is 0.243. The number of nitrogens with zero attached hydrogens (tertiary/aromatic N) is 2. The average Bonchev–Trinajstić information content (AvgIpc) is 3.55. The van der Waals surface area contributed by atoms with Crippen LogP contribution in [0.2, 0.25) is 0 Å². The Kier molecular flexibility index (Phi) is 5.88. The zero-order valence-electron chi connectivity index (χ0n) is 24.4. The van der Waals surface area contributed by atoms with Crippen LogP contribution in [0.5, 0.6) is 5.75 Å². The van der Waals surface area contributed by atoms with E-state index in [1.54, 1.807) is 29.2 Å². The first kappa shape index (κ1) is 26.6. The number of hydrogen-bond donors (Lipinski definition) is 0. The fourth-order valence-corrected chi connectivity index (χ4v) is 7.90. The molecule has 5 aliphatic rings. The normalized spacial score (nSPS) is 24.8. The van der Waals surface area contributed by atoms with E-state index in [0.29, 0.717) is 11.4 Å². The van der Waals surface area contributed by atoms with Crippen molar-refractivity contribution in [2.24, 2.45) is 17.8 Å². The number of aryl methyl sites for hydroxylation is 2. The molecule has 2 bridgehead atoms. The van der Waals surface area contributed by atoms with E-state index in [1.807, 2.05) is 56.3 Å². The van der Waals surface area contributed by atoms with Gasteiger partial charge in [0.25, 0.3) is 0 Å². The number of carbonyl (C=O) groups is 4. The van der Waals surface area contributed by atoms with Gasteiger partial charge >= 0.3 is 5.97 Å². The van der Waals surface area contributed by atoms with Crippen molar-refractivity contribution < 1.29 is 23.9 Å². The van der Waals surface area contributed by atoms with Crippen LogP contribution in [-0.4, -0.2) is 30.2 Å². The highest BCUT2D eigenvalue weighted by Gasteiger charge is 2.61. The highest BCUT2D eigenvalue weighted by molar-refractivity contribution is 6.23. The van der Waals surface area contributed by atoms with Crippen LogP contribution >= 0.6 is 0 Å². The summed E-state index contributed by atoms with van der Waals surface area (Å²) in [6.45, 7) is 4.17. The molecule has 4 aromatic rings. The number of imide groups is 1. The SMILES string of the molecule is Cc1ccc(C)c(N2C[C@H](C(=O)Oc3ccc(N4C(=O)[C@@H]5C6c7ccccc7C(c7ccccc76)[C@@H]5C4=O)cc3)CC2=O)c1. The summed E-state index contributed by atoms with van der Waals surface area (Å²) < 4.78 is 5.67. The lowest BCUT2D eigenvalue weighted by Crippen LogP contribution is -2.41. The van der Waals surface area contributed by atoms with Gasteiger partial charge in [-0.3, -0.25) is 19.2 Å². The molecule has 0 spiro atoms. The minimum Gasteiger partial charge on any atom is -0.426 e. The van der Waals surface area contributed by atoms with E-state index in [-0.39, 0.29) is 42.5 Å². The molecule has 2 aliphatic heterocycles. The monoisotopic (exact) mass is 582 g/mol. The summed E-state index contributed by atoms with van der Waals surface area (Å²) in [5, 5.41) is 0. The van der Waals surface area contributed by atoms with Crippen LogP contribution in [0.1, 0.15) is 51.6 Å². The quantitative estimate of drug-likeness (QED) is 0.176. The molecule has 218 valence electrons. The molecule has 3 amide bonds. The first-order valence-corrected chi connectivity index (χ1v) is 15.1. The molecule has 0 aromatic heterocycles. The molecule has 2 saturated heterocycles. The Morgan fingerprint density at radius 1 is 0.727 bits per heavy atom. The maximum atomic E-state index is 14.0. The van der Waals surface area contributed by atoms with Gasteiger partial charge in [-0.25, -0.2) is 4.90 Å². The standard InChI is InChI=1S/C37H30N2O5/c1-20-11-12-21(2)29(17-20)38-19-22(18-30(38)40)37(43)44-24-15-13-23(14-16-24)39-35(41)33-31-25-7-3-4-8-26(25)32(34(33)36(39)42)28-10-6-5-9-27(28)31/h3-17,22,31-34H,18-19H2,1-2H3/t22-,31?,32?,33-,34+/m1/s1. The van der Waals surface area contributed by atoms with Crippen molar-refractivity contribution in [2.45, 2.75) is 32.1 Å². The third-order valence-electron chi connectivity index (χ3n) is 9.88. The summed E-state index contributed by atoms with van der Waals surface area (Å²) in [7, 11) is 0. The van der Waals surface area contributed by atoms with Gasteiger partial charge in [0.05, 0.1) is 23.4 Å². The predicted molar refractivity (Wildman–Crippen MR) is 164 cm³/mol. The molecule has 44 heavy (non-hydrogen) atoms. The van der Waals surface area contributed by atoms with Gasteiger partial charge in [-0.2, -0.15) is 0 Å². The topological polar surface area (TPSA) is 84.0 Å². The summed E-state index contributed by atoms with van der Waals surface area (Å²) in [6.07, 6.45) is 0.0803. The first-order chi connectivity index (χ1) is 21.3.